The molecule has 198 valence electrons. The van der Waals surface area contributed by atoms with Gasteiger partial charge in [-0.05, 0) is 72.5 Å². The maximum atomic E-state index is 6.45. The monoisotopic (exact) mass is 509 g/mol. The molecule has 0 aromatic heterocycles. The molecule has 2 unspecified atom stereocenters. The summed E-state index contributed by atoms with van der Waals surface area (Å²) in [6.07, 6.45) is 2.09. The first-order valence-corrected chi connectivity index (χ1v) is 13.8. The number of hydrogen-bond acceptors (Lipinski definition) is 4. The molecular formula is C34H39NO3. The molecule has 4 nitrogen and oxygen atoms in total. The highest BCUT2D eigenvalue weighted by molar-refractivity contribution is 5.82. The van der Waals surface area contributed by atoms with Crippen molar-refractivity contribution in [2.24, 2.45) is 0 Å². The van der Waals surface area contributed by atoms with Crippen LogP contribution < -0.4 is 10.1 Å². The summed E-state index contributed by atoms with van der Waals surface area (Å²) in [6.45, 7) is 8.76. The topological polar surface area (TPSA) is 39.7 Å². The van der Waals surface area contributed by atoms with Crippen molar-refractivity contribution in [3.8, 4) is 5.75 Å². The van der Waals surface area contributed by atoms with Gasteiger partial charge < -0.3 is 19.5 Å². The third kappa shape index (κ3) is 7.22. The fraction of sp³-hybridized carbons (Fsp3) is 0.353. The summed E-state index contributed by atoms with van der Waals surface area (Å²) in [7, 11) is 0. The molecule has 2 atom stereocenters. The van der Waals surface area contributed by atoms with Crippen LogP contribution >= 0.6 is 0 Å². The molecular weight excluding hydrogens is 470 g/mol. The van der Waals surface area contributed by atoms with Crippen LogP contribution in [0.1, 0.15) is 46.6 Å². The molecule has 1 aliphatic rings. The van der Waals surface area contributed by atoms with Crippen molar-refractivity contribution in [2.45, 2.75) is 51.9 Å². The maximum absolute atomic E-state index is 6.45. The van der Waals surface area contributed by atoms with Gasteiger partial charge in [-0.25, -0.2) is 0 Å². The summed E-state index contributed by atoms with van der Waals surface area (Å²) in [5, 5.41) is 6.03. The first-order chi connectivity index (χ1) is 18.6. The van der Waals surface area contributed by atoms with Gasteiger partial charge in [0.05, 0.1) is 32.5 Å². The summed E-state index contributed by atoms with van der Waals surface area (Å²) in [4.78, 5) is 0. The van der Waals surface area contributed by atoms with Gasteiger partial charge in [0.2, 0.25) is 0 Å². The lowest BCUT2D eigenvalue weighted by atomic mass is 9.87. The predicted molar refractivity (Wildman–Crippen MR) is 155 cm³/mol. The van der Waals surface area contributed by atoms with Gasteiger partial charge in [-0.2, -0.15) is 0 Å². The number of aryl methyl sites for hydroxylation is 2. The quantitative estimate of drug-likeness (QED) is 0.219. The molecule has 0 radical (unpaired) electrons. The molecule has 0 aliphatic carbocycles. The van der Waals surface area contributed by atoms with Gasteiger partial charge in [-0.3, -0.25) is 0 Å². The third-order valence-corrected chi connectivity index (χ3v) is 7.26. The number of piperidine rings is 1. The van der Waals surface area contributed by atoms with Crippen molar-refractivity contribution in [3.05, 3.63) is 113 Å². The first-order valence-electron chi connectivity index (χ1n) is 13.8. The largest absolute Gasteiger partial charge is 0.494 e. The molecule has 38 heavy (non-hydrogen) atoms. The molecule has 0 saturated carbocycles. The van der Waals surface area contributed by atoms with E-state index in [-0.39, 0.29) is 6.10 Å². The Morgan fingerprint density at radius 2 is 1.55 bits per heavy atom. The fourth-order valence-electron chi connectivity index (χ4n) is 5.42. The highest BCUT2D eigenvalue weighted by atomic mass is 16.5. The van der Waals surface area contributed by atoms with Gasteiger partial charge in [0.1, 0.15) is 5.75 Å². The number of ether oxygens (including phenoxy) is 3. The van der Waals surface area contributed by atoms with E-state index in [4.69, 9.17) is 14.2 Å². The van der Waals surface area contributed by atoms with Crippen LogP contribution in [0.15, 0.2) is 84.9 Å². The minimum atomic E-state index is 0.149. The summed E-state index contributed by atoms with van der Waals surface area (Å²) < 4.78 is 18.3. The highest BCUT2D eigenvalue weighted by Crippen LogP contribution is 2.30. The Kier molecular flexibility index (Phi) is 9.08. The number of hydrogen-bond donors (Lipinski definition) is 1. The molecule has 1 N–H and O–H groups in total. The molecule has 0 amide bonds. The average molecular weight is 510 g/mol. The summed E-state index contributed by atoms with van der Waals surface area (Å²) in [5.74, 6) is 1.29. The van der Waals surface area contributed by atoms with Crippen LogP contribution in [0.2, 0.25) is 0 Å². The van der Waals surface area contributed by atoms with Crippen LogP contribution in [0.3, 0.4) is 0 Å². The number of benzene rings is 4. The van der Waals surface area contributed by atoms with Gasteiger partial charge in [-0.1, -0.05) is 77.9 Å². The number of rotatable bonds is 11. The van der Waals surface area contributed by atoms with E-state index in [1.165, 1.54) is 38.6 Å². The Hall–Kier alpha value is -3.18. The van der Waals surface area contributed by atoms with Crippen LogP contribution in [-0.2, 0) is 22.7 Å². The molecule has 4 aromatic carbocycles. The van der Waals surface area contributed by atoms with Crippen LogP contribution in [0, 0.1) is 13.8 Å². The second kappa shape index (κ2) is 13.1. The summed E-state index contributed by atoms with van der Waals surface area (Å²) in [5.41, 5.74) is 6.33. The molecule has 4 aromatic rings. The highest BCUT2D eigenvalue weighted by Gasteiger charge is 2.27. The van der Waals surface area contributed by atoms with Crippen molar-refractivity contribution in [3.63, 3.8) is 0 Å². The van der Waals surface area contributed by atoms with Crippen molar-refractivity contribution < 1.29 is 14.2 Å². The van der Waals surface area contributed by atoms with Crippen molar-refractivity contribution in [1.29, 1.82) is 0 Å². The lowest BCUT2D eigenvalue weighted by Crippen LogP contribution is -2.40. The molecule has 0 bridgehead atoms. The second-order valence-corrected chi connectivity index (χ2v) is 10.4. The molecule has 5 rings (SSSR count). The van der Waals surface area contributed by atoms with E-state index >= 15 is 0 Å². The Bertz CT molecular complexity index is 1300. The van der Waals surface area contributed by atoms with Gasteiger partial charge in [0, 0.05) is 18.9 Å². The molecule has 1 fully saturated rings. The smallest absolute Gasteiger partial charge is 0.119 e. The van der Waals surface area contributed by atoms with E-state index < -0.39 is 0 Å². The van der Waals surface area contributed by atoms with Gasteiger partial charge in [0.25, 0.3) is 0 Å². The summed E-state index contributed by atoms with van der Waals surface area (Å²) in [6, 6.07) is 30.2. The molecule has 1 heterocycles. The molecule has 1 aliphatic heterocycles. The lowest BCUT2D eigenvalue weighted by molar-refractivity contribution is 0.0106. The Morgan fingerprint density at radius 3 is 2.37 bits per heavy atom. The van der Waals surface area contributed by atoms with E-state index in [9.17, 15) is 0 Å². The Labute approximate surface area is 226 Å². The van der Waals surface area contributed by atoms with Crippen LogP contribution in [0.4, 0.5) is 0 Å². The van der Waals surface area contributed by atoms with Crippen molar-refractivity contribution >= 4 is 10.8 Å². The summed E-state index contributed by atoms with van der Waals surface area (Å²) >= 11 is 0. The predicted octanol–water partition coefficient (Wildman–Crippen LogP) is 7.10. The fourth-order valence-corrected chi connectivity index (χ4v) is 5.42. The second-order valence-electron chi connectivity index (χ2n) is 10.4. The molecule has 4 heteroatoms. The number of nitrogens with one attached hydrogen (secondary N) is 1. The molecule has 1 saturated heterocycles. The maximum Gasteiger partial charge on any atom is 0.119 e. The standard InChI is InChI=1S/C34H39NO3/c1-25-18-26(2)20-28(19-25)23-36-16-5-17-37-32-12-10-30(11-13-32)33-14-15-35-22-34(33)38-24-27-8-9-29-6-3-4-7-31(29)21-27/h3-4,6-13,18-21,33-35H,5,14-17,22-24H2,1-2H3. The third-order valence-electron chi connectivity index (χ3n) is 7.26. The van der Waals surface area contributed by atoms with Crippen LogP contribution in [0.25, 0.3) is 10.8 Å². The first kappa shape index (κ1) is 26.4. The number of fused-ring (bicyclic) bond motifs is 1. The van der Waals surface area contributed by atoms with Crippen molar-refractivity contribution in [1.82, 2.24) is 5.32 Å². The van der Waals surface area contributed by atoms with E-state index in [0.29, 0.717) is 32.3 Å². The van der Waals surface area contributed by atoms with Crippen LogP contribution in [-0.4, -0.2) is 32.4 Å². The van der Waals surface area contributed by atoms with Crippen molar-refractivity contribution in [2.75, 3.05) is 26.3 Å². The minimum Gasteiger partial charge on any atom is -0.494 e. The zero-order valence-corrected chi connectivity index (χ0v) is 22.6. The SMILES string of the molecule is Cc1cc(C)cc(COCCCOc2ccc(C3CCNCC3OCc3ccc4ccccc4c3)cc2)c1. The van der Waals surface area contributed by atoms with Gasteiger partial charge in [-0.15, -0.1) is 0 Å². The van der Waals surface area contributed by atoms with Gasteiger partial charge in [0.15, 0.2) is 0 Å². The average Bonchev–Trinajstić information content (AvgIpc) is 2.94. The molecule has 0 spiro atoms. The van der Waals surface area contributed by atoms with E-state index in [1.54, 1.807) is 0 Å². The zero-order chi connectivity index (χ0) is 26.2. The van der Waals surface area contributed by atoms with E-state index in [0.717, 1.165) is 31.7 Å². The zero-order valence-electron chi connectivity index (χ0n) is 22.6. The normalized spacial score (nSPS) is 17.5. The Morgan fingerprint density at radius 1 is 0.763 bits per heavy atom. The van der Waals surface area contributed by atoms with Crippen LogP contribution in [0.5, 0.6) is 5.75 Å². The van der Waals surface area contributed by atoms with E-state index in [1.807, 2.05) is 0 Å². The minimum absolute atomic E-state index is 0.149. The van der Waals surface area contributed by atoms with Gasteiger partial charge >= 0.3 is 0 Å². The van der Waals surface area contributed by atoms with E-state index in [2.05, 4.69) is 104 Å². The Balaban J connectivity index is 1.07. The lowest BCUT2D eigenvalue weighted by Gasteiger charge is -2.32.